The number of hydrogen-bond acceptors (Lipinski definition) is 3. The van der Waals surface area contributed by atoms with Crippen molar-refractivity contribution in [2.75, 3.05) is 0 Å². The Kier molecular flexibility index (Phi) is 1.70. The highest BCUT2D eigenvalue weighted by atomic mass is 16.4. The summed E-state index contributed by atoms with van der Waals surface area (Å²) in [6.07, 6.45) is 0. The largest absolute Gasteiger partial charge is 0.455 e. The molecule has 0 saturated carbocycles. The maximum Gasteiger partial charge on any atom is 0.348 e. The lowest BCUT2D eigenvalue weighted by Gasteiger charge is -1.95. The van der Waals surface area contributed by atoms with Crippen molar-refractivity contribution in [2.45, 2.75) is 0 Å². The predicted octanol–water partition coefficient (Wildman–Crippen LogP) is 3.69. The second-order valence-corrected chi connectivity index (χ2v) is 4.19. The molecule has 0 atom stereocenters. The quantitative estimate of drug-likeness (QED) is 0.437. The van der Waals surface area contributed by atoms with E-state index in [0.717, 1.165) is 10.8 Å². The van der Waals surface area contributed by atoms with E-state index in [9.17, 15) is 4.79 Å². The average molecular weight is 236 g/mol. The van der Waals surface area contributed by atoms with Gasteiger partial charge in [0.2, 0.25) is 0 Å². The molecule has 2 aromatic heterocycles. The first kappa shape index (κ1) is 9.48. The molecule has 0 unspecified atom stereocenters. The molecule has 18 heavy (non-hydrogen) atoms. The molecule has 0 aliphatic carbocycles. The predicted molar refractivity (Wildman–Crippen MR) is 69.8 cm³/mol. The van der Waals surface area contributed by atoms with Crippen LogP contribution >= 0.6 is 0 Å². The third kappa shape index (κ3) is 1.10. The highest BCUT2D eigenvalue weighted by molar-refractivity contribution is 6.12. The van der Waals surface area contributed by atoms with Gasteiger partial charge in [-0.25, -0.2) is 4.79 Å². The highest BCUT2D eigenvalue weighted by Gasteiger charge is 2.14. The summed E-state index contributed by atoms with van der Waals surface area (Å²) in [4.78, 5) is 12.0. The van der Waals surface area contributed by atoms with Gasteiger partial charge in [-0.2, -0.15) is 0 Å². The number of hydrogen-bond donors (Lipinski definition) is 0. The standard InChI is InChI=1S/C15H8O3/c16-15-13-9-5-1-3-7-11(9)17-14(13)10-6-2-4-8-12(10)18-15/h1-8H. The summed E-state index contributed by atoms with van der Waals surface area (Å²) in [6.45, 7) is 0. The smallest absolute Gasteiger partial charge is 0.348 e. The topological polar surface area (TPSA) is 43.4 Å². The van der Waals surface area contributed by atoms with Crippen LogP contribution in [0.3, 0.4) is 0 Å². The van der Waals surface area contributed by atoms with Crippen molar-refractivity contribution in [3.8, 4) is 0 Å². The molecule has 0 aliphatic heterocycles. The average Bonchev–Trinajstić information content (AvgIpc) is 2.79. The molecule has 4 aromatic rings. The van der Waals surface area contributed by atoms with Crippen LogP contribution in [0.4, 0.5) is 0 Å². The van der Waals surface area contributed by atoms with Crippen LogP contribution in [-0.2, 0) is 0 Å². The SMILES string of the molecule is O=c1oc2ccccc2c2oc3ccccc3c12. The van der Waals surface area contributed by atoms with Crippen LogP contribution in [0.25, 0.3) is 32.9 Å². The number of benzene rings is 2. The minimum Gasteiger partial charge on any atom is -0.455 e. The van der Waals surface area contributed by atoms with Crippen molar-refractivity contribution in [2.24, 2.45) is 0 Å². The van der Waals surface area contributed by atoms with Gasteiger partial charge in [0.05, 0.1) is 5.39 Å². The van der Waals surface area contributed by atoms with Crippen LogP contribution < -0.4 is 5.63 Å². The van der Waals surface area contributed by atoms with E-state index in [0.29, 0.717) is 22.1 Å². The van der Waals surface area contributed by atoms with Crippen molar-refractivity contribution in [1.29, 1.82) is 0 Å². The molecule has 0 saturated heterocycles. The zero-order valence-electron chi connectivity index (χ0n) is 9.34. The first-order valence-electron chi connectivity index (χ1n) is 5.68. The highest BCUT2D eigenvalue weighted by Crippen LogP contribution is 2.30. The van der Waals surface area contributed by atoms with E-state index in [1.54, 1.807) is 6.07 Å². The first-order chi connectivity index (χ1) is 8.84. The maximum absolute atomic E-state index is 12.0. The van der Waals surface area contributed by atoms with Gasteiger partial charge >= 0.3 is 5.63 Å². The molecule has 0 amide bonds. The fraction of sp³-hybridized carbons (Fsp3) is 0. The zero-order chi connectivity index (χ0) is 12.1. The molecular formula is C15H8O3. The molecule has 2 aromatic carbocycles. The van der Waals surface area contributed by atoms with Gasteiger partial charge in [-0.3, -0.25) is 0 Å². The van der Waals surface area contributed by atoms with Crippen LogP contribution in [0.15, 0.2) is 62.2 Å². The van der Waals surface area contributed by atoms with E-state index in [2.05, 4.69) is 0 Å². The third-order valence-electron chi connectivity index (χ3n) is 3.13. The van der Waals surface area contributed by atoms with Gasteiger partial charge in [0, 0.05) is 5.39 Å². The molecule has 86 valence electrons. The number of fused-ring (bicyclic) bond motifs is 5. The second kappa shape index (κ2) is 3.23. The van der Waals surface area contributed by atoms with Gasteiger partial charge < -0.3 is 8.83 Å². The summed E-state index contributed by atoms with van der Waals surface area (Å²) < 4.78 is 11.1. The normalized spacial score (nSPS) is 11.6. The number of rotatable bonds is 0. The Morgan fingerprint density at radius 2 is 1.33 bits per heavy atom. The number of furan rings is 1. The van der Waals surface area contributed by atoms with Crippen LogP contribution in [0.1, 0.15) is 0 Å². The maximum atomic E-state index is 12.0. The Morgan fingerprint density at radius 1 is 0.722 bits per heavy atom. The second-order valence-electron chi connectivity index (χ2n) is 4.19. The molecule has 0 N–H and O–H groups in total. The molecular weight excluding hydrogens is 228 g/mol. The van der Waals surface area contributed by atoms with Gasteiger partial charge in [-0.15, -0.1) is 0 Å². The Labute approximate surface area is 101 Å². The van der Waals surface area contributed by atoms with Gasteiger partial charge in [-0.05, 0) is 18.2 Å². The summed E-state index contributed by atoms with van der Waals surface area (Å²) in [5.74, 6) is 0. The van der Waals surface area contributed by atoms with E-state index in [1.165, 1.54) is 0 Å². The summed E-state index contributed by atoms with van der Waals surface area (Å²) in [7, 11) is 0. The van der Waals surface area contributed by atoms with Gasteiger partial charge in [0.1, 0.15) is 16.6 Å². The minimum atomic E-state index is -0.353. The Hall–Kier alpha value is -2.55. The van der Waals surface area contributed by atoms with Crippen LogP contribution in [0.2, 0.25) is 0 Å². The van der Waals surface area contributed by atoms with Crippen molar-refractivity contribution >= 4 is 32.9 Å². The Balaban J connectivity index is 2.42. The summed E-state index contributed by atoms with van der Waals surface area (Å²) >= 11 is 0. The molecule has 0 bridgehead atoms. The van der Waals surface area contributed by atoms with Gasteiger partial charge in [0.25, 0.3) is 0 Å². The molecule has 3 nitrogen and oxygen atoms in total. The third-order valence-corrected chi connectivity index (χ3v) is 3.13. The minimum absolute atomic E-state index is 0.353. The lowest BCUT2D eigenvalue weighted by atomic mass is 10.1. The summed E-state index contributed by atoms with van der Waals surface area (Å²) in [6, 6.07) is 14.9. The molecule has 0 radical (unpaired) electrons. The molecule has 2 heterocycles. The van der Waals surface area contributed by atoms with Gasteiger partial charge in [0.15, 0.2) is 5.58 Å². The van der Waals surface area contributed by atoms with Crippen molar-refractivity contribution in [3.63, 3.8) is 0 Å². The van der Waals surface area contributed by atoms with E-state index in [-0.39, 0.29) is 5.63 Å². The van der Waals surface area contributed by atoms with E-state index >= 15 is 0 Å². The zero-order valence-corrected chi connectivity index (χ0v) is 9.34. The molecule has 0 spiro atoms. The lowest BCUT2D eigenvalue weighted by molar-refractivity contribution is 0.567. The molecule has 0 aliphatic rings. The fourth-order valence-corrected chi connectivity index (χ4v) is 2.33. The molecule has 3 heteroatoms. The molecule has 0 fully saturated rings. The van der Waals surface area contributed by atoms with Crippen LogP contribution in [-0.4, -0.2) is 0 Å². The van der Waals surface area contributed by atoms with E-state index < -0.39 is 0 Å². The Bertz CT molecular complexity index is 944. The fourth-order valence-electron chi connectivity index (χ4n) is 2.33. The van der Waals surface area contributed by atoms with Crippen LogP contribution in [0, 0.1) is 0 Å². The van der Waals surface area contributed by atoms with E-state index in [4.69, 9.17) is 8.83 Å². The first-order valence-corrected chi connectivity index (χ1v) is 5.68. The van der Waals surface area contributed by atoms with E-state index in [1.807, 2.05) is 42.5 Å². The summed E-state index contributed by atoms with van der Waals surface area (Å²) in [5.41, 5.74) is 1.50. The van der Waals surface area contributed by atoms with Crippen molar-refractivity contribution in [3.05, 3.63) is 59.0 Å². The molecule has 4 rings (SSSR count). The monoisotopic (exact) mass is 236 g/mol. The number of para-hydroxylation sites is 2. The van der Waals surface area contributed by atoms with Crippen molar-refractivity contribution < 1.29 is 8.83 Å². The van der Waals surface area contributed by atoms with Crippen molar-refractivity contribution in [1.82, 2.24) is 0 Å². The summed E-state index contributed by atoms with van der Waals surface area (Å²) in [5, 5.41) is 2.14. The van der Waals surface area contributed by atoms with Gasteiger partial charge in [-0.1, -0.05) is 30.3 Å². The van der Waals surface area contributed by atoms with Crippen LogP contribution in [0.5, 0.6) is 0 Å². The Morgan fingerprint density at radius 3 is 2.11 bits per heavy atom. The lowest BCUT2D eigenvalue weighted by Crippen LogP contribution is -1.97.